The molecule has 3 aromatic rings. The van der Waals surface area contributed by atoms with Crippen LogP contribution in [0.5, 0.6) is 11.5 Å². The average Bonchev–Trinajstić information content (AvgIpc) is 3.14. The van der Waals surface area contributed by atoms with Gasteiger partial charge in [-0.15, -0.1) is 0 Å². The molecule has 154 valence electrons. The van der Waals surface area contributed by atoms with Gasteiger partial charge in [0, 0.05) is 53.7 Å². The molecule has 0 atom stereocenters. The lowest BCUT2D eigenvalue weighted by molar-refractivity contribution is 0.352. The molecule has 0 aliphatic heterocycles. The number of nitrogens with zero attached hydrogens (tertiary/aromatic N) is 3. The predicted molar refractivity (Wildman–Crippen MR) is 113 cm³/mol. The summed E-state index contributed by atoms with van der Waals surface area (Å²) >= 11 is 1.76. The van der Waals surface area contributed by atoms with Gasteiger partial charge in [0.05, 0.1) is 32.4 Å². The number of hydrogen-bond acceptors (Lipinski definition) is 8. The molecule has 0 aromatic carbocycles. The van der Waals surface area contributed by atoms with Crippen LogP contribution in [0.1, 0.15) is 22.6 Å². The second-order valence-electron chi connectivity index (χ2n) is 6.25. The lowest BCUT2D eigenvalue weighted by atomic mass is 10.1. The Bertz CT molecular complexity index is 1000. The first-order valence-corrected chi connectivity index (χ1v) is 10.2. The van der Waals surface area contributed by atoms with Crippen LogP contribution in [0.2, 0.25) is 0 Å². The first-order valence-electron chi connectivity index (χ1n) is 9.06. The molecule has 29 heavy (non-hydrogen) atoms. The monoisotopic (exact) mass is 416 g/mol. The number of aromatic amines is 2. The molecule has 9 nitrogen and oxygen atoms in total. The highest BCUT2D eigenvalue weighted by Crippen LogP contribution is 2.26. The molecular formula is C19H24N6O3S. The summed E-state index contributed by atoms with van der Waals surface area (Å²) < 4.78 is 10.5. The van der Waals surface area contributed by atoms with E-state index in [4.69, 9.17) is 9.47 Å². The number of methoxy groups -OCH3 is 2. The van der Waals surface area contributed by atoms with Crippen LogP contribution in [-0.2, 0) is 12.2 Å². The van der Waals surface area contributed by atoms with Crippen molar-refractivity contribution in [3.63, 3.8) is 0 Å². The molecule has 0 aliphatic carbocycles. The maximum absolute atomic E-state index is 12.4. The summed E-state index contributed by atoms with van der Waals surface area (Å²) in [4.78, 5) is 31.1. The van der Waals surface area contributed by atoms with Crippen LogP contribution >= 0.6 is 11.8 Å². The fraction of sp³-hybridized carbons (Fsp3) is 0.368. The number of pyridine rings is 1. The fourth-order valence-corrected chi connectivity index (χ4v) is 3.52. The van der Waals surface area contributed by atoms with Gasteiger partial charge in [0.2, 0.25) is 5.95 Å². The molecule has 0 fully saturated rings. The zero-order valence-corrected chi connectivity index (χ0v) is 17.4. The summed E-state index contributed by atoms with van der Waals surface area (Å²) in [7, 11) is 3.11. The van der Waals surface area contributed by atoms with E-state index in [1.807, 2.05) is 6.92 Å². The number of H-pyrrole nitrogens is 2. The van der Waals surface area contributed by atoms with Crippen LogP contribution in [0.15, 0.2) is 29.6 Å². The Hall–Kier alpha value is -3.01. The number of anilines is 1. The molecule has 3 aromatic heterocycles. The maximum atomic E-state index is 12.4. The molecule has 3 rings (SSSR count). The van der Waals surface area contributed by atoms with Crippen molar-refractivity contribution in [1.82, 2.24) is 24.9 Å². The second kappa shape index (κ2) is 9.97. The van der Waals surface area contributed by atoms with Gasteiger partial charge in [-0.1, -0.05) is 0 Å². The highest BCUT2D eigenvalue weighted by Gasteiger charge is 2.09. The van der Waals surface area contributed by atoms with E-state index >= 15 is 0 Å². The van der Waals surface area contributed by atoms with Gasteiger partial charge in [-0.2, -0.15) is 11.8 Å². The van der Waals surface area contributed by atoms with Gasteiger partial charge in [-0.25, -0.2) is 9.97 Å². The van der Waals surface area contributed by atoms with Crippen LogP contribution < -0.4 is 20.3 Å². The SMILES string of the molecule is COc1cnc(Cc2cnc(NCCSCc3nc[nH]c3C)[nH]c2=O)cc1OC. The molecule has 0 radical (unpaired) electrons. The average molecular weight is 417 g/mol. The van der Waals surface area contributed by atoms with Crippen molar-refractivity contribution >= 4 is 17.7 Å². The van der Waals surface area contributed by atoms with E-state index in [9.17, 15) is 4.79 Å². The lowest BCUT2D eigenvalue weighted by Gasteiger charge is -2.09. The van der Waals surface area contributed by atoms with Crippen molar-refractivity contribution in [2.45, 2.75) is 19.1 Å². The first-order chi connectivity index (χ1) is 14.1. The number of aryl methyl sites for hydroxylation is 1. The quantitative estimate of drug-likeness (QED) is 0.430. The number of aromatic nitrogens is 5. The number of ether oxygens (including phenoxy) is 2. The van der Waals surface area contributed by atoms with E-state index in [0.29, 0.717) is 41.7 Å². The normalized spacial score (nSPS) is 10.7. The second-order valence-corrected chi connectivity index (χ2v) is 7.35. The van der Waals surface area contributed by atoms with Gasteiger partial charge in [0.1, 0.15) is 0 Å². The smallest absolute Gasteiger partial charge is 0.255 e. The number of nitrogens with one attached hydrogen (secondary N) is 3. The van der Waals surface area contributed by atoms with Crippen LogP contribution in [0, 0.1) is 6.92 Å². The van der Waals surface area contributed by atoms with E-state index < -0.39 is 0 Å². The number of imidazole rings is 1. The Morgan fingerprint density at radius 1 is 1.14 bits per heavy atom. The number of rotatable bonds is 10. The molecule has 0 spiro atoms. The fourth-order valence-electron chi connectivity index (χ4n) is 2.65. The van der Waals surface area contributed by atoms with Gasteiger partial charge in [0.25, 0.3) is 5.56 Å². The Kier molecular flexibility index (Phi) is 7.12. The number of thioether (sulfide) groups is 1. The molecule has 0 saturated carbocycles. The molecule has 3 N–H and O–H groups in total. The van der Waals surface area contributed by atoms with Crippen molar-refractivity contribution in [3.8, 4) is 11.5 Å². The van der Waals surface area contributed by atoms with Crippen molar-refractivity contribution in [2.24, 2.45) is 0 Å². The molecule has 3 heterocycles. The van der Waals surface area contributed by atoms with Crippen LogP contribution in [0.3, 0.4) is 0 Å². The zero-order chi connectivity index (χ0) is 20.6. The minimum atomic E-state index is -0.195. The summed E-state index contributed by atoms with van der Waals surface area (Å²) in [5, 5.41) is 3.14. The third kappa shape index (κ3) is 5.50. The molecule has 0 bridgehead atoms. The molecular weight excluding hydrogens is 392 g/mol. The van der Waals surface area contributed by atoms with E-state index in [0.717, 1.165) is 22.9 Å². The number of hydrogen-bond donors (Lipinski definition) is 3. The predicted octanol–water partition coefficient (Wildman–Crippen LogP) is 2.15. The lowest BCUT2D eigenvalue weighted by Crippen LogP contribution is -2.18. The van der Waals surface area contributed by atoms with Crippen LogP contribution in [0.4, 0.5) is 5.95 Å². The molecule has 0 unspecified atom stereocenters. The van der Waals surface area contributed by atoms with Crippen molar-refractivity contribution < 1.29 is 9.47 Å². The van der Waals surface area contributed by atoms with Crippen LogP contribution in [0.25, 0.3) is 0 Å². The van der Waals surface area contributed by atoms with E-state index in [-0.39, 0.29) is 5.56 Å². The zero-order valence-electron chi connectivity index (χ0n) is 16.6. The first kappa shape index (κ1) is 20.7. The van der Waals surface area contributed by atoms with Gasteiger partial charge in [-0.3, -0.25) is 14.8 Å². The molecule has 0 amide bonds. The summed E-state index contributed by atoms with van der Waals surface area (Å²) in [5.74, 6) is 3.28. The third-order valence-corrected chi connectivity index (χ3v) is 5.25. The summed E-state index contributed by atoms with van der Waals surface area (Å²) in [5.41, 5.74) is 3.18. The van der Waals surface area contributed by atoms with E-state index in [1.54, 1.807) is 50.8 Å². The van der Waals surface area contributed by atoms with Gasteiger partial charge < -0.3 is 19.8 Å². The van der Waals surface area contributed by atoms with E-state index in [2.05, 4.69) is 30.2 Å². The third-order valence-electron chi connectivity index (χ3n) is 4.28. The summed E-state index contributed by atoms with van der Waals surface area (Å²) in [6.07, 6.45) is 5.20. The van der Waals surface area contributed by atoms with Crippen molar-refractivity contribution in [2.75, 3.05) is 31.8 Å². The van der Waals surface area contributed by atoms with Gasteiger partial charge in [0.15, 0.2) is 11.5 Å². The maximum Gasteiger partial charge on any atom is 0.255 e. The van der Waals surface area contributed by atoms with Gasteiger partial charge in [-0.05, 0) is 6.92 Å². The Labute approximate surface area is 172 Å². The van der Waals surface area contributed by atoms with Crippen LogP contribution in [-0.4, -0.2) is 51.4 Å². The Balaban J connectivity index is 1.52. The topological polar surface area (TPSA) is 118 Å². The highest BCUT2D eigenvalue weighted by atomic mass is 32.2. The highest BCUT2D eigenvalue weighted by molar-refractivity contribution is 7.98. The standard InChI is InChI=1S/C19H24N6O3S/c1-12-15(24-11-23-12)10-29-5-4-20-19-22-8-13(18(26)25-19)6-14-7-16(27-2)17(28-3)9-21-14/h7-9,11H,4-6,10H2,1-3H3,(H,23,24)(H2,20,22,25,26). The Morgan fingerprint density at radius 3 is 2.66 bits per heavy atom. The van der Waals surface area contributed by atoms with Gasteiger partial charge >= 0.3 is 0 Å². The molecule has 10 heteroatoms. The minimum Gasteiger partial charge on any atom is -0.493 e. The minimum absolute atomic E-state index is 0.195. The van der Waals surface area contributed by atoms with Crippen molar-refractivity contribution in [1.29, 1.82) is 0 Å². The molecule has 0 saturated heterocycles. The van der Waals surface area contributed by atoms with Crippen molar-refractivity contribution in [3.05, 3.63) is 57.8 Å². The summed E-state index contributed by atoms with van der Waals surface area (Å²) in [6.45, 7) is 2.70. The Morgan fingerprint density at radius 2 is 1.97 bits per heavy atom. The molecule has 0 aliphatic rings. The largest absolute Gasteiger partial charge is 0.493 e. The van der Waals surface area contributed by atoms with E-state index in [1.165, 1.54) is 0 Å². The summed E-state index contributed by atoms with van der Waals surface area (Å²) in [6, 6.07) is 1.75.